The molecule has 0 spiro atoms. The van der Waals surface area contributed by atoms with Gasteiger partial charge in [-0.2, -0.15) is 0 Å². The fourth-order valence-corrected chi connectivity index (χ4v) is 1.62. The van der Waals surface area contributed by atoms with Gasteiger partial charge in [-0.15, -0.1) is 0 Å². The highest BCUT2D eigenvalue weighted by atomic mass is 16.5. The maximum absolute atomic E-state index is 10.2. The molecule has 2 heteroatoms. The number of benzene rings is 1. The quantitative estimate of drug-likeness (QED) is 0.824. The molecule has 96 valence electrons. The summed E-state index contributed by atoms with van der Waals surface area (Å²) in [7, 11) is 1.63. The largest absolute Gasteiger partial charge is 0.497 e. The van der Waals surface area contributed by atoms with E-state index in [-0.39, 0.29) is 0 Å². The average molecular weight is 244 g/mol. The third-order valence-corrected chi connectivity index (χ3v) is 3.18. The third-order valence-electron chi connectivity index (χ3n) is 3.18. The van der Waals surface area contributed by atoms with Crippen LogP contribution in [-0.2, 0) is 0 Å². The number of methoxy groups -OCH3 is 1. The molecule has 0 amide bonds. The average Bonchev–Trinajstić information content (AvgIpc) is 2.44. The second-order valence-corrected chi connectivity index (χ2v) is 4.20. The SMILES string of the molecule is C=C(C#Cc1ccc(OC)cc1)C(O)(CC)CC. The molecule has 18 heavy (non-hydrogen) atoms. The van der Waals surface area contributed by atoms with Crippen LogP contribution in [0.3, 0.4) is 0 Å². The molecule has 1 N–H and O–H groups in total. The van der Waals surface area contributed by atoms with Crippen LogP contribution in [0.2, 0.25) is 0 Å². The van der Waals surface area contributed by atoms with E-state index in [0.29, 0.717) is 18.4 Å². The summed E-state index contributed by atoms with van der Waals surface area (Å²) < 4.78 is 5.08. The smallest absolute Gasteiger partial charge is 0.118 e. The van der Waals surface area contributed by atoms with Crippen molar-refractivity contribution in [1.29, 1.82) is 0 Å². The molecule has 0 aliphatic carbocycles. The van der Waals surface area contributed by atoms with E-state index >= 15 is 0 Å². The van der Waals surface area contributed by atoms with Gasteiger partial charge in [0.2, 0.25) is 0 Å². The third kappa shape index (κ3) is 3.38. The van der Waals surface area contributed by atoms with Gasteiger partial charge in [-0.25, -0.2) is 0 Å². The Balaban J connectivity index is 2.84. The van der Waals surface area contributed by atoms with Crippen LogP contribution in [0.25, 0.3) is 0 Å². The van der Waals surface area contributed by atoms with E-state index in [1.54, 1.807) is 7.11 Å². The lowest BCUT2D eigenvalue weighted by Gasteiger charge is -2.24. The van der Waals surface area contributed by atoms with Crippen LogP contribution in [0.4, 0.5) is 0 Å². The number of ether oxygens (including phenoxy) is 1. The molecule has 0 heterocycles. The van der Waals surface area contributed by atoms with Gasteiger partial charge in [0.25, 0.3) is 0 Å². The van der Waals surface area contributed by atoms with Gasteiger partial charge in [0.15, 0.2) is 0 Å². The van der Waals surface area contributed by atoms with Crippen molar-refractivity contribution >= 4 is 0 Å². The van der Waals surface area contributed by atoms with Crippen LogP contribution in [0.15, 0.2) is 36.4 Å². The molecule has 0 saturated carbocycles. The molecule has 0 aliphatic rings. The molecule has 0 aliphatic heterocycles. The van der Waals surface area contributed by atoms with Crippen molar-refractivity contribution in [3.05, 3.63) is 42.0 Å². The molecule has 0 unspecified atom stereocenters. The topological polar surface area (TPSA) is 29.5 Å². The molecule has 0 atom stereocenters. The van der Waals surface area contributed by atoms with Crippen molar-refractivity contribution in [2.45, 2.75) is 32.3 Å². The summed E-state index contributed by atoms with van der Waals surface area (Å²) in [5, 5.41) is 10.2. The van der Waals surface area contributed by atoms with Gasteiger partial charge in [0, 0.05) is 11.1 Å². The number of aliphatic hydroxyl groups is 1. The van der Waals surface area contributed by atoms with E-state index in [2.05, 4.69) is 18.4 Å². The van der Waals surface area contributed by atoms with Crippen LogP contribution in [0, 0.1) is 11.8 Å². The number of hydrogen-bond donors (Lipinski definition) is 1. The molecule has 0 fully saturated rings. The zero-order valence-corrected chi connectivity index (χ0v) is 11.3. The van der Waals surface area contributed by atoms with Crippen molar-refractivity contribution in [3.8, 4) is 17.6 Å². The standard InChI is InChI=1S/C16H20O2/c1-5-16(17,6-2)13(3)7-8-14-9-11-15(18-4)12-10-14/h9-12,17H,3,5-6H2,1-2,4H3. The summed E-state index contributed by atoms with van der Waals surface area (Å²) in [6.07, 6.45) is 1.25. The fraction of sp³-hybridized carbons (Fsp3) is 0.375. The van der Waals surface area contributed by atoms with E-state index in [0.717, 1.165) is 11.3 Å². The molecule has 1 aromatic carbocycles. The first-order chi connectivity index (χ1) is 8.55. The highest BCUT2D eigenvalue weighted by molar-refractivity contribution is 5.44. The minimum Gasteiger partial charge on any atom is -0.497 e. The molecule has 1 aromatic rings. The fourth-order valence-electron chi connectivity index (χ4n) is 1.62. The van der Waals surface area contributed by atoms with E-state index in [4.69, 9.17) is 4.74 Å². The summed E-state index contributed by atoms with van der Waals surface area (Å²) in [5.41, 5.74) is 0.578. The zero-order chi connectivity index (χ0) is 13.6. The lowest BCUT2D eigenvalue weighted by Crippen LogP contribution is -2.28. The molecule has 0 bridgehead atoms. The van der Waals surface area contributed by atoms with Crippen LogP contribution in [0.1, 0.15) is 32.3 Å². The molecule has 0 aromatic heterocycles. The van der Waals surface area contributed by atoms with Crippen molar-refractivity contribution in [2.75, 3.05) is 7.11 Å². The van der Waals surface area contributed by atoms with Gasteiger partial charge >= 0.3 is 0 Å². The summed E-state index contributed by atoms with van der Waals surface area (Å²) in [6, 6.07) is 7.49. The minimum absolute atomic E-state index is 0.573. The Morgan fingerprint density at radius 3 is 2.28 bits per heavy atom. The van der Waals surface area contributed by atoms with Crippen LogP contribution in [-0.4, -0.2) is 17.8 Å². The van der Waals surface area contributed by atoms with Crippen LogP contribution in [0.5, 0.6) is 5.75 Å². The number of rotatable bonds is 4. The van der Waals surface area contributed by atoms with Gasteiger partial charge < -0.3 is 9.84 Å². The second-order valence-electron chi connectivity index (χ2n) is 4.20. The highest BCUT2D eigenvalue weighted by Crippen LogP contribution is 2.22. The Labute approximate surface area is 109 Å². The highest BCUT2D eigenvalue weighted by Gasteiger charge is 2.24. The first-order valence-electron chi connectivity index (χ1n) is 6.13. The Bertz CT molecular complexity index is 456. The second kappa shape index (κ2) is 6.28. The maximum atomic E-state index is 10.2. The van der Waals surface area contributed by atoms with Gasteiger partial charge in [0.05, 0.1) is 12.7 Å². The first-order valence-corrected chi connectivity index (χ1v) is 6.13. The van der Waals surface area contributed by atoms with Crippen molar-refractivity contribution < 1.29 is 9.84 Å². The Morgan fingerprint density at radius 1 is 1.28 bits per heavy atom. The normalized spacial score (nSPS) is 10.4. The molecular formula is C16H20O2. The molecular weight excluding hydrogens is 224 g/mol. The van der Waals surface area contributed by atoms with Crippen molar-refractivity contribution in [2.24, 2.45) is 0 Å². The molecule has 2 nitrogen and oxygen atoms in total. The molecule has 1 rings (SSSR count). The van der Waals surface area contributed by atoms with Crippen LogP contribution >= 0.6 is 0 Å². The van der Waals surface area contributed by atoms with Gasteiger partial charge in [-0.1, -0.05) is 32.3 Å². The van der Waals surface area contributed by atoms with Gasteiger partial charge in [0.1, 0.15) is 5.75 Å². The van der Waals surface area contributed by atoms with Crippen molar-refractivity contribution in [1.82, 2.24) is 0 Å². The predicted molar refractivity (Wildman–Crippen MR) is 74.5 cm³/mol. The monoisotopic (exact) mass is 244 g/mol. The Morgan fingerprint density at radius 2 is 1.83 bits per heavy atom. The Kier molecular flexibility index (Phi) is 5.00. The van der Waals surface area contributed by atoms with E-state index in [1.165, 1.54) is 0 Å². The summed E-state index contributed by atoms with van der Waals surface area (Å²) >= 11 is 0. The van der Waals surface area contributed by atoms with Gasteiger partial charge in [-0.3, -0.25) is 0 Å². The Hall–Kier alpha value is -1.72. The lowest BCUT2D eigenvalue weighted by atomic mass is 9.89. The number of hydrogen-bond acceptors (Lipinski definition) is 2. The van der Waals surface area contributed by atoms with Gasteiger partial charge in [-0.05, 0) is 37.1 Å². The molecule has 0 radical (unpaired) electrons. The van der Waals surface area contributed by atoms with E-state index < -0.39 is 5.60 Å². The predicted octanol–water partition coefficient (Wildman–Crippen LogP) is 3.15. The molecule has 0 saturated heterocycles. The zero-order valence-electron chi connectivity index (χ0n) is 11.3. The first kappa shape index (κ1) is 14.3. The summed E-state index contributed by atoms with van der Waals surface area (Å²) in [4.78, 5) is 0. The lowest BCUT2D eigenvalue weighted by molar-refractivity contribution is 0.0754. The van der Waals surface area contributed by atoms with Crippen LogP contribution < -0.4 is 4.74 Å². The van der Waals surface area contributed by atoms with E-state index in [1.807, 2.05) is 38.1 Å². The minimum atomic E-state index is -0.876. The maximum Gasteiger partial charge on any atom is 0.118 e. The summed E-state index contributed by atoms with van der Waals surface area (Å²) in [6.45, 7) is 7.74. The van der Waals surface area contributed by atoms with Crippen molar-refractivity contribution in [3.63, 3.8) is 0 Å². The summed E-state index contributed by atoms with van der Waals surface area (Å²) in [5.74, 6) is 6.75. The van der Waals surface area contributed by atoms with E-state index in [9.17, 15) is 5.11 Å².